The van der Waals surface area contributed by atoms with Crippen LogP contribution in [0.3, 0.4) is 0 Å². The summed E-state index contributed by atoms with van der Waals surface area (Å²) in [5.41, 5.74) is 6.07. The van der Waals surface area contributed by atoms with E-state index in [1.165, 1.54) is 0 Å². The van der Waals surface area contributed by atoms with Gasteiger partial charge in [0.05, 0.1) is 12.2 Å². The second kappa shape index (κ2) is 5.67. The predicted molar refractivity (Wildman–Crippen MR) is 60.5 cm³/mol. The zero-order valence-corrected chi connectivity index (χ0v) is 8.93. The molecule has 76 valence electrons. The van der Waals surface area contributed by atoms with Gasteiger partial charge in [0.1, 0.15) is 0 Å². The molecular weight excluding hydrogens is 196 g/mol. The van der Waals surface area contributed by atoms with Crippen LogP contribution < -0.4 is 11.1 Å². The Balaban J connectivity index is 2.78. The first-order valence-corrected chi connectivity index (χ1v) is 5.48. The number of anilines is 1. The average molecular weight is 210 g/mol. The summed E-state index contributed by atoms with van der Waals surface area (Å²) in [4.78, 5) is 12.2. The Hall–Kier alpha value is -1.00. The standard InChI is InChI=1S/C10H14N2OS/c1-2-14-9-6-4-3-5-8(9)12-10(13)7-11/h3-6H,2,7,11H2,1H3,(H,12,13). The van der Waals surface area contributed by atoms with Crippen molar-refractivity contribution < 1.29 is 4.79 Å². The van der Waals surface area contributed by atoms with Crippen LogP contribution in [-0.4, -0.2) is 18.2 Å². The summed E-state index contributed by atoms with van der Waals surface area (Å²) in [5.74, 6) is 0.823. The fourth-order valence-electron chi connectivity index (χ4n) is 1.05. The molecule has 0 radical (unpaired) electrons. The molecule has 0 aliphatic heterocycles. The van der Waals surface area contributed by atoms with Gasteiger partial charge in [-0.05, 0) is 17.9 Å². The van der Waals surface area contributed by atoms with Gasteiger partial charge in [0.15, 0.2) is 0 Å². The van der Waals surface area contributed by atoms with Crippen LogP contribution in [-0.2, 0) is 4.79 Å². The van der Waals surface area contributed by atoms with Gasteiger partial charge in [-0.25, -0.2) is 0 Å². The summed E-state index contributed by atoms with van der Waals surface area (Å²) >= 11 is 1.70. The molecule has 0 heterocycles. The lowest BCUT2D eigenvalue weighted by atomic mass is 10.3. The Morgan fingerprint density at radius 1 is 1.50 bits per heavy atom. The van der Waals surface area contributed by atoms with E-state index < -0.39 is 0 Å². The van der Waals surface area contributed by atoms with Crippen LogP contribution in [0.1, 0.15) is 6.92 Å². The molecule has 0 saturated carbocycles. The minimum atomic E-state index is -0.158. The Bertz CT molecular complexity index is 315. The number of carbonyl (C=O) groups is 1. The SMILES string of the molecule is CCSc1ccccc1NC(=O)CN. The molecule has 0 atom stereocenters. The van der Waals surface area contributed by atoms with Gasteiger partial charge < -0.3 is 11.1 Å². The van der Waals surface area contributed by atoms with Crippen molar-refractivity contribution in [2.45, 2.75) is 11.8 Å². The van der Waals surface area contributed by atoms with Crippen LogP contribution >= 0.6 is 11.8 Å². The second-order valence-corrected chi connectivity index (χ2v) is 3.99. The van der Waals surface area contributed by atoms with E-state index in [0.717, 1.165) is 16.3 Å². The van der Waals surface area contributed by atoms with Crippen LogP contribution in [0.25, 0.3) is 0 Å². The number of rotatable bonds is 4. The molecule has 14 heavy (non-hydrogen) atoms. The minimum Gasteiger partial charge on any atom is -0.324 e. The number of thioether (sulfide) groups is 1. The monoisotopic (exact) mass is 210 g/mol. The zero-order chi connectivity index (χ0) is 10.4. The fraction of sp³-hybridized carbons (Fsp3) is 0.300. The van der Waals surface area contributed by atoms with Gasteiger partial charge in [-0.15, -0.1) is 11.8 Å². The van der Waals surface area contributed by atoms with Crippen LogP contribution in [0.4, 0.5) is 5.69 Å². The number of hydrogen-bond acceptors (Lipinski definition) is 3. The van der Waals surface area contributed by atoms with Crippen molar-refractivity contribution in [2.24, 2.45) is 5.73 Å². The number of para-hydroxylation sites is 1. The average Bonchev–Trinajstić information content (AvgIpc) is 2.21. The maximum atomic E-state index is 11.1. The fourth-order valence-corrected chi connectivity index (χ4v) is 1.81. The lowest BCUT2D eigenvalue weighted by Gasteiger charge is -2.08. The zero-order valence-electron chi connectivity index (χ0n) is 8.12. The molecule has 0 aromatic heterocycles. The van der Waals surface area contributed by atoms with E-state index >= 15 is 0 Å². The Morgan fingerprint density at radius 3 is 2.86 bits per heavy atom. The van der Waals surface area contributed by atoms with Gasteiger partial charge in [0.2, 0.25) is 5.91 Å². The number of benzene rings is 1. The summed E-state index contributed by atoms with van der Waals surface area (Å²) < 4.78 is 0. The molecule has 3 N–H and O–H groups in total. The number of carbonyl (C=O) groups excluding carboxylic acids is 1. The first-order chi connectivity index (χ1) is 6.77. The topological polar surface area (TPSA) is 55.1 Å². The Kier molecular flexibility index (Phi) is 4.49. The first-order valence-electron chi connectivity index (χ1n) is 4.49. The normalized spacial score (nSPS) is 9.86. The lowest BCUT2D eigenvalue weighted by Crippen LogP contribution is -2.22. The van der Waals surface area contributed by atoms with Gasteiger partial charge in [-0.3, -0.25) is 4.79 Å². The molecule has 1 aromatic carbocycles. The summed E-state index contributed by atoms with van der Waals surface area (Å²) in [5, 5.41) is 2.76. The van der Waals surface area contributed by atoms with Crippen LogP contribution in [0, 0.1) is 0 Å². The lowest BCUT2D eigenvalue weighted by molar-refractivity contribution is -0.114. The van der Waals surface area contributed by atoms with E-state index in [1.54, 1.807) is 11.8 Å². The highest BCUT2D eigenvalue weighted by Gasteiger charge is 2.03. The summed E-state index contributed by atoms with van der Waals surface area (Å²) in [7, 11) is 0. The van der Waals surface area contributed by atoms with Gasteiger partial charge >= 0.3 is 0 Å². The molecule has 0 aliphatic rings. The van der Waals surface area contributed by atoms with E-state index in [1.807, 2.05) is 24.3 Å². The largest absolute Gasteiger partial charge is 0.324 e. The van der Waals surface area contributed by atoms with E-state index in [4.69, 9.17) is 5.73 Å². The summed E-state index contributed by atoms with van der Waals surface area (Å²) in [6, 6.07) is 7.72. The van der Waals surface area contributed by atoms with Gasteiger partial charge in [0, 0.05) is 4.90 Å². The highest BCUT2D eigenvalue weighted by atomic mass is 32.2. The molecular formula is C10H14N2OS. The predicted octanol–water partition coefficient (Wildman–Crippen LogP) is 1.70. The van der Waals surface area contributed by atoms with Gasteiger partial charge in [-0.2, -0.15) is 0 Å². The summed E-state index contributed by atoms with van der Waals surface area (Å²) in [6.07, 6.45) is 0. The van der Waals surface area contributed by atoms with E-state index in [2.05, 4.69) is 12.2 Å². The van der Waals surface area contributed by atoms with Crippen LogP contribution in [0.15, 0.2) is 29.2 Å². The molecule has 4 heteroatoms. The minimum absolute atomic E-state index is 0.0190. The van der Waals surface area contributed by atoms with Crippen molar-refractivity contribution in [3.63, 3.8) is 0 Å². The number of amides is 1. The molecule has 0 spiro atoms. The second-order valence-electron chi connectivity index (χ2n) is 2.68. The number of nitrogens with one attached hydrogen (secondary N) is 1. The number of hydrogen-bond donors (Lipinski definition) is 2. The third-order valence-electron chi connectivity index (χ3n) is 1.65. The molecule has 0 saturated heterocycles. The molecule has 0 aliphatic carbocycles. The van der Waals surface area contributed by atoms with Crippen LogP contribution in [0.2, 0.25) is 0 Å². The van der Waals surface area contributed by atoms with Crippen molar-refractivity contribution in [1.82, 2.24) is 0 Å². The van der Waals surface area contributed by atoms with Crippen molar-refractivity contribution >= 4 is 23.4 Å². The first kappa shape index (κ1) is 11.1. The maximum absolute atomic E-state index is 11.1. The Morgan fingerprint density at radius 2 is 2.21 bits per heavy atom. The Labute approximate surface area is 88.1 Å². The molecule has 1 rings (SSSR count). The van der Waals surface area contributed by atoms with Crippen molar-refractivity contribution in [2.75, 3.05) is 17.6 Å². The third kappa shape index (κ3) is 3.05. The molecule has 1 amide bonds. The van der Waals surface area contributed by atoms with Gasteiger partial charge in [-0.1, -0.05) is 19.1 Å². The summed E-state index contributed by atoms with van der Waals surface area (Å²) in [6.45, 7) is 2.09. The van der Waals surface area contributed by atoms with Crippen molar-refractivity contribution in [3.8, 4) is 0 Å². The van der Waals surface area contributed by atoms with E-state index in [-0.39, 0.29) is 12.5 Å². The number of nitrogens with two attached hydrogens (primary N) is 1. The van der Waals surface area contributed by atoms with E-state index in [0.29, 0.717) is 0 Å². The van der Waals surface area contributed by atoms with Crippen molar-refractivity contribution in [3.05, 3.63) is 24.3 Å². The van der Waals surface area contributed by atoms with E-state index in [9.17, 15) is 4.79 Å². The molecule has 0 bridgehead atoms. The smallest absolute Gasteiger partial charge is 0.238 e. The molecule has 3 nitrogen and oxygen atoms in total. The van der Waals surface area contributed by atoms with Gasteiger partial charge in [0.25, 0.3) is 0 Å². The third-order valence-corrected chi connectivity index (χ3v) is 2.60. The molecule has 1 aromatic rings. The highest BCUT2D eigenvalue weighted by molar-refractivity contribution is 7.99. The quantitative estimate of drug-likeness (QED) is 0.744. The highest BCUT2D eigenvalue weighted by Crippen LogP contribution is 2.26. The van der Waals surface area contributed by atoms with Crippen molar-refractivity contribution in [1.29, 1.82) is 0 Å². The molecule has 0 unspecified atom stereocenters. The van der Waals surface area contributed by atoms with Crippen LogP contribution in [0.5, 0.6) is 0 Å². The maximum Gasteiger partial charge on any atom is 0.238 e. The molecule has 0 fully saturated rings.